The standard InChI is InChI=1S/C13H29NO4Si/c1-9(2)19(10(3)4,11(5)6)18-8-12(7-15)14-13(16)17/h9-12,14-15H,7-8H2,1-6H3,(H,16,17)/t12-/m1/s1. The van der Waals surface area contributed by atoms with Crippen molar-refractivity contribution >= 4 is 14.4 Å². The SMILES string of the molecule is CC(C)[Si](OC[C@@H](CO)NC(=O)O)(C(C)C)C(C)C. The van der Waals surface area contributed by atoms with E-state index in [-0.39, 0.29) is 13.2 Å². The average Bonchev–Trinajstić information content (AvgIpc) is 2.26. The third-order valence-electron chi connectivity index (χ3n) is 3.79. The van der Waals surface area contributed by atoms with Gasteiger partial charge in [0.25, 0.3) is 0 Å². The van der Waals surface area contributed by atoms with Crippen LogP contribution in [0, 0.1) is 0 Å². The van der Waals surface area contributed by atoms with E-state index in [0.717, 1.165) is 0 Å². The first-order chi connectivity index (χ1) is 8.68. The maximum absolute atomic E-state index is 10.6. The van der Waals surface area contributed by atoms with Crippen LogP contribution >= 0.6 is 0 Å². The topological polar surface area (TPSA) is 78.8 Å². The van der Waals surface area contributed by atoms with Crippen molar-refractivity contribution < 1.29 is 19.4 Å². The Kier molecular flexibility index (Phi) is 7.62. The molecule has 0 heterocycles. The molecule has 0 spiro atoms. The average molecular weight is 291 g/mol. The molecule has 0 aliphatic heterocycles. The molecule has 1 amide bonds. The van der Waals surface area contributed by atoms with E-state index >= 15 is 0 Å². The minimum absolute atomic E-state index is 0.240. The van der Waals surface area contributed by atoms with Crippen LogP contribution in [0.4, 0.5) is 4.79 Å². The molecule has 1 atom stereocenters. The highest BCUT2D eigenvalue weighted by atomic mass is 28.4. The third kappa shape index (κ3) is 4.78. The number of amides is 1. The Balaban J connectivity index is 4.88. The van der Waals surface area contributed by atoms with Gasteiger partial charge in [-0.25, -0.2) is 4.79 Å². The lowest BCUT2D eigenvalue weighted by atomic mass is 10.3. The summed E-state index contributed by atoms with van der Waals surface area (Å²) in [4.78, 5) is 10.6. The van der Waals surface area contributed by atoms with Gasteiger partial charge in [0, 0.05) is 0 Å². The first kappa shape index (κ1) is 18.4. The minimum atomic E-state index is -2.00. The molecular formula is C13H29NO4Si. The highest BCUT2D eigenvalue weighted by Crippen LogP contribution is 2.42. The van der Waals surface area contributed by atoms with E-state index in [1.54, 1.807) is 0 Å². The number of rotatable bonds is 8. The molecule has 0 aliphatic carbocycles. The van der Waals surface area contributed by atoms with Crippen LogP contribution in [-0.2, 0) is 4.43 Å². The van der Waals surface area contributed by atoms with Crippen LogP contribution in [0.25, 0.3) is 0 Å². The summed E-state index contributed by atoms with van der Waals surface area (Å²) in [6.07, 6.45) is -1.13. The first-order valence-corrected chi connectivity index (χ1v) is 9.06. The fourth-order valence-electron chi connectivity index (χ4n) is 3.06. The highest BCUT2D eigenvalue weighted by molar-refractivity contribution is 6.77. The number of hydrogen-bond donors (Lipinski definition) is 3. The maximum Gasteiger partial charge on any atom is 0.405 e. The lowest BCUT2D eigenvalue weighted by molar-refractivity contribution is 0.150. The molecule has 5 nitrogen and oxygen atoms in total. The van der Waals surface area contributed by atoms with Gasteiger partial charge in [-0.3, -0.25) is 0 Å². The van der Waals surface area contributed by atoms with E-state index in [1.165, 1.54) is 0 Å². The van der Waals surface area contributed by atoms with Gasteiger partial charge in [-0.05, 0) is 16.6 Å². The molecule has 0 saturated heterocycles. The fraction of sp³-hybridized carbons (Fsp3) is 0.923. The number of aliphatic hydroxyl groups is 1. The van der Waals surface area contributed by atoms with E-state index in [2.05, 4.69) is 46.9 Å². The van der Waals surface area contributed by atoms with Crippen molar-refractivity contribution in [3.05, 3.63) is 0 Å². The van der Waals surface area contributed by atoms with Crippen LogP contribution in [0.3, 0.4) is 0 Å². The van der Waals surface area contributed by atoms with E-state index < -0.39 is 20.5 Å². The molecule has 3 N–H and O–H groups in total. The number of aliphatic hydroxyl groups excluding tert-OH is 1. The molecule has 0 aromatic heterocycles. The minimum Gasteiger partial charge on any atom is -0.465 e. The lowest BCUT2D eigenvalue weighted by Crippen LogP contribution is -2.51. The van der Waals surface area contributed by atoms with Gasteiger partial charge >= 0.3 is 6.09 Å². The highest BCUT2D eigenvalue weighted by Gasteiger charge is 2.45. The van der Waals surface area contributed by atoms with E-state index in [4.69, 9.17) is 9.53 Å². The zero-order valence-corrected chi connectivity index (χ0v) is 13.9. The van der Waals surface area contributed by atoms with Crippen LogP contribution in [0.2, 0.25) is 16.6 Å². The van der Waals surface area contributed by atoms with Gasteiger partial charge in [0.05, 0.1) is 19.3 Å². The summed E-state index contributed by atoms with van der Waals surface area (Å²) < 4.78 is 6.22. The van der Waals surface area contributed by atoms with Crippen molar-refractivity contribution in [2.75, 3.05) is 13.2 Å². The maximum atomic E-state index is 10.6. The summed E-state index contributed by atoms with van der Waals surface area (Å²) in [7, 11) is -2.00. The van der Waals surface area contributed by atoms with Crippen molar-refractivity contribution in [3.63, 3.8) is 0 Å². The zero-order valence-electron chi connectivity index (χ0n) is 12.9. The molecule has 0 unspecified atom stereocenters. The van der Waals surface area contributed by atoms with Crippen molar-refractivity contribution in [2.45, 2.75) is 64.2 Å². The summed E-state index contributed by atoms with van der Waals surface area (Å²) >= 11 is 0. The van der Waals surface area contributed by atoms with Gasteiger partial charge in [-0.1, -0.05) is 41.5 Å². The van der Waals surface area contributed by atoms with Crippen molar-refractivity contribution in [2.24, 2.45) is 0 Å². The Hall–Kier alpha value is -0.593. The molecule has 0 aromatic carbocycles. The van der Waals surface area contributed by atoms with Gasteiger partial charge in [0.15, 0.2) is 8.32 Å². The van der Waals surface area contributed by atoms with Gasteiger partial charge < -0.3 is 20.0 Å². The van der Waals surface area contributed by atoms with Crippen molar-refractivity contribution in [1.82, 2.24) is 5.32 Å². The second-order valence-corrected chi connectivity index (χ2v) is 11.4. The predicted molar refractivity (Wildman–Crippen MR) is 79.0 cm³/mol. The largest absolute Gasteiger partial charge is 0.465 e. The summed E-state index contributed by atoms with van der Waals surface area (Å²) in [5.41, 5.74) is 1.32. The van der Waals surface area contributed by atoms with Crippen molar-refractivity contribution in [3.8, 4) is 0 Å². The van der Waals surface area contributed by atoms with Crippen LogP contribution in [0.15, 0.2) is 0 Å². The lowest BCUT2D eigenvalue weighted by Gasteiger charge is -2.42. The predicted octanol–water partition coefficient (Wildman–Crippen LogP) is 2.81. The monoisotopic (exact) mass is 291 g/mol. The molecule has 0 rings (SSSR count). The molecule has 0 aromatic rings. The van der Waals surface area contributed by atoms with Crippen LogP contribution in [0.1, 0.15) is 41.5 Å². The van der Waals surface area contributed by atoms with Crippen LogP contribution in [0.5, 0.6) is 0 Å². The summed E-state index contributed by atoms with van der Waals surface area (Å²) in [6, 6.07) is -0.555. The Morgan fingerprint density at radius 3 is 1.79 bits per heavy atom. The molecule has 0 bridgehead atoms. The van der Waals surface area contributed by atoms with Gasteiger partial charge in [0.2, 0.25) is 0 Å². The van der Waals surface area contributed by atoms with E-state index in [1.807, 2.05) is 0 Å². The normalized spacial score (nSPS) is 14.2. The number of carboxylic acid groups (broad SMARTS) is 1. The number of nitrogens with one attached hydrogen (secondary N) is 1. The number of carbonyl (C=O) groups is 1. The molecule has 0 radical (unpaired) electrons. The van der Waals surface area contributed by atoms with Crippen LogP contribution in [-0.4, -0.2) is 43.9 Å². The van der Waals surface area contributed by atoms with Crippen molar-refractivity contribution in [1.29, 1.82) is 0 Å². The molecule has 19 heavy (non-hydrogen) atoms. The van der Waals surface area contributed by atoms with E-state index in [9.17, 15) is 9.90 Å². The summed E-state index contributed by atoms with van der Waals surface area (Å²) in [5.74, 6) is 0. The Morgan fingerprint density at radius 2 is 1.53 bits per heavy atom. The molecule has 0 aliphatic rings. The Morgan fingerprint density at radius 1 is 1.11 bits per heavy atom. The smallest absolute Gasteiger partial charge is 0.405 e. The summed E-state index contributed by atoms with van der Waals surface area (Å²) in [6.45, 7) is 13.0. The van der Waals surface area contributed by atoms with Gasteiger partial charge in [-0.2, -0.15) is 0 Å². The van der Waals surface area contributed by atoms with Gasteiger partial charge in [0.1, 0.15) is 0 Å². The molecular weight excluding hydrogens is 262 g/mol. The Labute approximate surface area is 117 Å². The Bertz CT molecular complexity index is 260. The molecule has 6 heteroatoms. The second kappa shape index (κ2) is 7.87. The molecule has 0 saturated carbocycles. The molecule has 0 fully saturated rings. The first-order valence-electron chi connectivity index (χ1n) is 6.92. The van der Waals surface area contributed by atoms with Gasteiger partial charge in [-0.15, -0.1) is 0 Å². The number of hydrogen-bond acceptors (Lipinski definition) is 3. The summed E-state index contributed by atoms with van der Waals surface area (Å²) in [5, 5.41) is 20.2. The zero-order chi connectivity index (χ0) is 15.2. The molecule has 114 valence electrons. The second-order valence-electron chi connectivity index (χ2n) is 5.96. The third-order valence-corrected chi connectivity index (χ3v) is 9.87. The quantitative estimate of drug-likeness (QED) is 0.601. The fourth-order valence-corrected chi connectivity index (χ4v) is 8.55. The van der Waals surface area contributed by atoms with E-state index in [0.29, 0.717) is 16.6 Å². The van der Waals surface area contributed by atoms with Crippen LogP contribution < -0.4 is 5.32 Å².